The lowest BCUT2D eigenvalue weighted by Crippen LogP contribution is -2.41. The van der Waals surface area contributed by atoms with E-state index < -0.39 is 32.5 Å². The SMILES string of the molecule is CCOC(=O)[C@@]1(N)[C@@H](c2ccccc2)[C@@H]1S(=O)(=O)c1ccc(Cl)cc1. The van der Waals surface area contributed by atoms with E-state index in [4.69, 9.17) is 22.1 Å². The highest BCUT2D eigenvalue weighted by molar-refractivity contribution is 7.92. The summed E-state index contributed by atoms with van der Waals surface area (Å²) in [5.41, 5.74) is 5.36. The van der Waals surface area contributed by atoms with Gasteiger partial charge < -0.3 is 10.5 Å². The molecule has 0 radical (unpaired) electrons. The molecule has 1 aliphatic carbocycles. The van der Waals surface area contributed by atoms with Crippen LogP contribution in [0, 0.1) is 0 Å². The second-order valence-electron chi connectivity index (χ2n) is 5.96. The monoisotopic (exact) mass is 379 g/mol. The Morgan fingerprint density at radius 1 is 1.16 bits per heavy atom. The zero-order valence-electron chi connectivity index (χ0n) is 13.6. The highest BCUT2D eigenvalue weighted by Crippen LogP contribution is 2.56. The summed E-state index contributed by atoms with van der Waals surface area (Å²) >= 11 is 5.84. The maximum atomic E-state index is 13.1. The van der Waals surface area contributed by atoms with Gasteiger partial charge in [0.1, 0.15) is 10.8 Å². The summed E-state index contributed by atoms with van der Waals surface area (Å²) in [5, 5.41) is -0.651. The molecule has 1 fully saturated rings. The molecule has 0 unspecified atom stereocenters. The minimum atomic E-state index is -3.84. The number of esters is 1. The molecular formula is C18H18ClNO4S. The van der Waals surface area contributed by atoms with Crippen LogP contribution in [0.5, 0.6) is 0 Å². The molecule has 0 amide bonds. The third-order valence-electron chi connectivity index (χ3n) is 4.44. The third kappa shape index (κ3) is 2.94. The Morgan fingerprint density at radius 3 is 2.32 bits per heavy atom. The summed E-state index contributed by atoms with van der Waals surface area (Å²) in [5.74, 6) is -1.36. The second kappa shape index (κ2) is 6.44. The van der Waals surface area contributed by atoms with Crippen molar-refractivity contribution in [2.45, 2.75) is 28.5 Å². The van der Waals surface area contributed by atoms with E-state index in [2.05, 4.69) is 0 Å². The van der Waals surface area contributed by atoms with Crippen LogP contribution in [-0.4, -0.2) is 31.8 Å². The highest BCUT2D eigenvalue weighted by atomic mass is 35.5. The molecule has 5 nitrogen and oxygen atoms in total. The van der Waals surface area contributed by atoms with Crippen molar-refractivity contribution < 1.29 is 17.9 Å². The third-order valence-corrected chi connectivity index (χ3v) is 6.96. The van der Waals surface area contributed by atoms with Crippen LogP contribution in [0.25, 0.3) is 0 Å². The number of halogens is 1. The lowest BCUT2D eigenvalue weighted by atomic mass is 10.1. The molecule has 2 N–H and O–H groups in total. The molecule has 1 aliphatic rings. The van der Waals surface area contributed by atoms with Gasteiger partial charge in [0.2, 0.25) is 0 Å². The first-order chi connectivity index (χ1) is 11.8. The number of nitrogens with two attached hydrogens (primary N) is 1. The average molecular weight is 380 g/mol. The Morgan fingerprint density at radius 2 is 1.76 bits per heavy atom. The molecule has 0 heterocycles. The minimum Gasteiger partial charge on any atom is -0.465 e. The van der Waals surface area contributed by atoms with Crippen molar-refractivity contribution >= 4 is 27.4 Å². The number of carbonyl (C=O) groups excluding carboxylic acids is 1. The van der Waals surface area contributed by atoms with Gasteiger partial charge in [0, 0.05) is 10.9 Å². The number of rotatable bonds is 5. The number of ether oxygens (including phenoxy) is 1. The Hall–Kier alpha value is -1.89. The Labute approximate surface area is 151 Å². The molecule has 2 aromatic rings. The molecule has 132 valence electrons. The molecule has 0 aromatic heterocycles. The molecular weight excluding hydrogens is 362 g/mol. The van der Waals surface area contributed by atoms with Crippen molar-refractivity contribution in [3.63, 3.8) is 0 Å². The summed E-state index contributed by atoms with van der Waals surface area (Å²) in [6.07, 6.45) is 0. The zero-order chi connectivity index (χ0) is 18.2. The summed E-state index contributed by atoms with van der Waals surface area (Å²) in [4.78, 5) is 12.5. The second-order valence-corrected chi connectivity index (χ2v) is 8.47. The molecule has 3 rings (SSSR count). The quantitative estimate of drug-likeness (QED) is 0.807. The van der Waals surface area contributed by atoms with Crippen molar-refractivity contribution in [2.24, 2.45) is 5.73 Å². The van der Waals surface area contributed by atoms with Gasteiger partial charge in [-0.3, -0.25) is 0 Å². The maximum absolute atomic E-state index is 13.1. The lowest BCUT2D eigenvalue weighted by molar-refractivity contribution is -0.145. The fourth-order valence-corrected chi connectivity index (χ4v) is 5.54. The van der Waals surface area contributed by atoms with E-state index in [1.54, 1.807) is 31.2 Å². The van der Waals surface area contributed by atoms with Crippen LogP contribution in [-0.2, 0) is 19.4 Å². The van der Waals surface area contributed by atoms with E-state index in [0.717, 1.165) is 0 Å². The number of hydrogen-bond acceptors (Lipinski definition) is 5. The van der Waals surface area contributed by atoms with E-state index in [0.29, 0.717) is 10.6 Å². The largest absolute Gasteiger partial charge is 0.465 e. The number of sulfone groups is 1. The van der Waals surface area contributed by atoms with Gasteiger partial charge in [0.25, 0.3) is 0 Å². The standard InChI is InChI=1S/C18H18ClNO4S/c1-2-24-17(21)18(20)15(12-6-4-3-5-7-12)16(18)25(22,23)14-10-8-13(19)9-11-14/h3-11,15-16H,2,20H2,1H3/t15-,16-,18+/m0/s1. The summed E-state index contributed by atoms with van der Waals surface area (Å²) < 4.78 is 31.2. The zero-order valence-corrected chi connectivity index (χ0v) is 15.1. The van der Waals surface area contributed by atoms with E-state index in [1.807, 2.05) is 6.07 Å². The predicted octanol–water partition coefficient (Wildman–Crippen LogP) is 2.54. The van der Waals surface area contributed by atoms with Crippen LogP contribution in [0.15, 0.2) is 59.5 Å². The molecule has 3 atom stereocenters. The van der Waals surface area contributed by atoms with E-state index in [1.165, 1.54) is 24.3 Å². The van der Waals surface area contributed by atoms with Gasteiger partial charge in [0.05, 0.1) is 11.5 Å². The van der Waals surface area contributed by atoms with Crippen LogP contribution in [0.4, 0.5) is 0 Å². The normalized spacial score (nSPS) is 25.4. The van der Waals surface area contributed by atoms with Crippen LogP contribution in [0.3, 0.4) is 0 Å². The molecule has 0 spiro atoms. The molecule has 25 heavy (non-hydrogen) atoms. The Bertz CT molecular complexity index is 883. The van der Waals surface area contributed by atoms with Gasteiger partial charge in [-0.2, -0.15) is 0 Å². The molecule has 0 saturated heterocycles. The van der Waals surface area contributed by atoms with Crippen LogP contribution in [0.1, 0.15) is 18.4 Å². The Kier molecular flexibility index (Phi) is 4.62. The fourth-order valence-electron chi connectivity index (χ4n) is 3.19. The van der Waals surface area contributed by atoms with Gasteiger partial charge in [-0.15, -0.1) is 0 Å². The van der Waals surface area contributed by atoms with Gasteiger partial charge in [0.15, 0.2) is 9.84 Å². The van der Waals surface area contributed by atoms with Crippen molar-refractivity contribution in [1.82, 2.24) is 0 Å². The van der Waals surface area contributed by atoms with E-state index in [9.17, 15) is 13.2 Å². The summed E-state index contributed by atoms with van der Waals surface area (Å²) in [6, 6.07) is 14.8. The van der Waals surface area contributed by atoms with Crippen LogP contribution < -0.4 is 5.73 Å². The lowest BCUT2D eigenvalue weighted by Gasteiger charge is -2.11. The first-order valence-corrected chi connectivity index (χ1v) is 9.76. The minimum absolute atomic E-state index is 0.0828. The molecule has 2 aromatic carbocycles. The molecule has 0 bridgehead atoms. The average Bonchev–Trinajstić information content (AvgIpc) is 3.25. The van der Waals surface area contributed by atoms with Gasteiger partial charge >= 0.3 is 5.97 Å². The molecule has 0 aliphatic heterocycles. The molecule has 7 heteroatoms. The van der Waals surface area contributed by atoms with Crippen LogP contribution >= 0.6 is 11.6 Å². The molecule has 1 saturated carbocycles. The van der Waals surface area contributed by atoms with Crippen LogP contribution in [0.2, 0.25) is 5.02 Å². The summed E-state index contributed by atoms with van der Waals surface area (Å²) in [7, 11) is -3.84. The van der Waals surface area contributed by atoms with Crippen molar-refractivity contribution in [3.05, 3.63) is 65.2 Å². The predicted molar refractivity (Wildman–Crippen MR) is 95.2 cm³/mol. The van der Waals surface area contributed by atoms with Crippen molar-refractivity contribution in [1.29, 1.82) is 0 Å². The highest BCUT2D eigenvalue weighted by Gasteiger charge is 2.74. The van der Waals surface area contributed by atoms with Crippen molar-refractivity contribution in [3.8, 4) is 0 Å². The number of hydrogen-bond donors (Lipinski definition) is 1. The summed E-state index contributed by atoms with van der Waals surface area (Å²) in [6.45, 7) is 1.79. The van der Waals surface area contributed by atoms with Gasteiger partial charge in [-0.25, -0.2) is 13.2 Å². The number of carbonyl (C=O) groups is 1. The van der Waals surface area contributed by atoms with Gasteiger partial charge in [-0.1, -0.05) is 41.9 Å². The first kappa shape index (κ1) is 17.9. The van der Waals surface area contributed by atoms with E-state index >= 15 is 0 Å². The van der Waals surface area contributed by atoms with Gasteiger partial charge in [-0.05, 0) is 36.8 Å². The topological polar surface area (TPSA) is 86.5 Å². The van der Waals surface area contributed by atoms with Crippen molar-refractivity contribution in [2.75, 3.05) is 6.61 Å². The maximum Gasteiger partial charge on any atom is 0.328 e. The fraction of sp³-hybridized carbons (Fsp3) is 0.278. The van der Waals surface area contributed by atoms with E-state index in [-0.39, 0.29) is 11.5 Å². The number of benzene rings is 2. The Balaban J connectivity index is 2.05. The smallest absolute Gasteiger partial charge is 0.328 e. The first-order valence-electron chi connectivity index (χ1n) is 7.84.